The van der Waals surface area contributed by atoms with E-state index < -0.39 is 17.8 Å². The van der Waals surface area contributed by atoms with E-state index in [2.05, 4.69) is 15.4 Å². The maximum atomic E-state index is 14.0. The molecule has 0 aliphatic carbocycles. The molecule has 0 fully saturated rings. The number of aryl methyl sites for hydroxylation is 2. The summed E-state index contributed by atoms with van der Waals surface area (Å²) in [5, 5.41) is 1.58. The standard InChI is InChI=1S/C23H24F2N6O2/c1-13-8-17(24)18(25)10-20(13)31(15(3)32)23-27-22(28-29(23)4)16-6-7-19(21(9-16)33-5)30-11-14(2)26-12-30/h6-12,22,28H,1-5H3. The molecule has 1 amide bonds. The molecule has 1 aromatic heterocycles. The minimum Gasteiger partial charge on any atom is -0.495 e. The Morgan fingerprint density at radius 3 is 2.55 bits per heavy atom. The lowest BCUT2D eigenvalue weighted by Crippen LogP contribution is -2.46. The van der Waals surface area contributed by atoms with Crippen molar-refractivity contribution >= 4 is 17.6 Å². The zero-order chi connectivity index (χ0) is 23.9. The van der Waals surface area contributed by atoms with E-state index in [4.69, 9.17) is 4.74 Å². The minimum atomic E-state index is -1.04. The maximum absolute atomic E-state index is 14.0. The van der Waals surface area contributed by atoms with Gasteiger partial charge in [0.05, 0.1) is 30.5 Å². The van der Waals surface area contributed by atoms with Gasteiger partial charge >= 0.3 is 0 Å². The SMILES string of the molecule is COc1cc(C2N=C(N(C(C)=O)c3cc(F)c(F)cc3C)N(C)N2)ccc1-n1cnc(C)c1. The Hall–Kier alpha value is -3.79. The van der Waals surface area contributed by atoms with Gasteiger partial charge < -0.3 is 9.30 Å². The van der Waals surface area contributed by atoms with Crippen molar-refractivity contribution in [3.63, 3.8) is 0 Å². The molecule has 2 heterocycles. The van der Waals surface area contributed by atoms with Gasteiger partial charge in [-0.05, 0) is 43.2 Å². The van der Waals surface area contributed by atoms with Crippen LogP contribution < -0.4 is 15.1 Å². The number of imidazole rings is 1. The molecule has 0 saturated heterocycles. The Morgan fingerprint density at radius 2 is 1.91 bits per heavy atom. The predicted molar refractivity (Wildman–Crippen MR) is 120 cm³/mol. The van der Waals surface area contributed by atoms with Gasteiger partial charge in [0.25, 0.3) is 0 Å². The van der Waals surface area contributed by atoms with Crippen LogP contribution in [0.25, 0.3) is 5.69 Å². The van der Waals surface area contributed by atoms with Crippen LogP contribution in [0.5, 0.6) is 5.75 Å². The first-order valence-corrected chi connectivity index (χ1v) is 10.2. The van der Waals surface area contributed by atoms with Crippen molar-refractivity contribution < 1.29 is 18.3 Å². The van der Waals surface area contributed by atoms with Crippen LogP contribution in [0.1, 0.15) is 29.9 Å². The van der Waals surface area contributed by atoms with E-state index in [1.807, 2.05) is 35.9 Å². The fraction of sp³-hybridized carbons (Fsp3) is 0.261. The van der Waals surface area contributed by atoms with Crippen LogP contribution in [0.3, 0.4) is 0 Å². The number of hydrogen-bond donors (Lipinski definition) is 1. The second-order valence-corrected chi connectivity index (χ2v) is 7.78. The number of carbonyl (C=O) groups excluding carboxylic acids is 1. The lowest BCUT2D eigenvalue weighted by molar-refractivity contribution is -0.115. The van der Waals surface area contributed by atoms with E-state index in [-0.39, 0.29) is 17.6 Å². The number of nitrogens with one attached hydrogen (secondary N) is 1. The van der Waals surface area contributed by atoms with E-state index in [1.165, 1.54) is 11.8 Å². The number of amides is 1. The molecule has 0 radical (unpaired) electrons. The van der Waals surface area contributed by atoms with Gasteiger partial charge in [0.1, 0.15) is 11.9 Å². The first-order chi connectivity index (χ1) is 15.7. The zero-order valence-corrected chi connectivity index (χ0v) is 18.9. The van der Waals surface area contributed by atoms with E-state index >= 15 is 0 Å². The van der Waals surface area contributed by atoms with Crippen molar-refractivity contribution in [2.24, 2.45) is 4.99 Å². The Bertz CT molecular complexity index is 1260. The van der Waals surface area contributed by atoms with Gasteiger partial charge in [-0.25, -0.2) is 29.1 Å². The first kappa shape index (κ1) is 22.4. The van der Waals surface area contributed by atoms with Crippen molar-refractivity contribution in [1.29, 1.82) is 0 Å². The molecule has 2 aromatic carbocycles. The molecule has 3 aromatic rings. The molecule has 0 spiro atoms. The molecule has 1 atom stereocenters. The van der Waals surface area contributed by atoms with Crippen molar-refractivity contribution in [2.45, 2.75) is 26.9 Å². The van der Waals surface area contributed by atoms with Crippen LogP contribution in [-0.4, -0.2) is 40.6 Å². The lowest BCUT2D eigenvalue weighted by atomic mass is 10.1. The molecule has 172 valence electrons. The fourth-order valence-corrected chi connectivity index (χ4v) is 3.75. The summed E-state index contributed by atoms with van der Waals surface area (Å²) < 4.78 is 35.1. The van der Waals surface area contributed by atoms with Gasteiger partial charge in [0.2, 0.25) is 11.9 Å². The van der Waals surface area contributed by atoms with Crippen molar-refractivity contribution in [1.82, 2.24) is 20.0 Å². The second-order valence-electron chi connectivity index (χ2n) is 7.78. The highest BCUT2D eigenvalue weighted by Crippen LogP contribution is 2.31. The summed E-state index contributed by atoms with van der Waals surface area (Å²) in [7, 11) is 3.28. The van der Waals surface area contributed by atoms with Crippen LogP contribution in [0.4, 0.5) is 14.5 Å². The molecule has 4 rings (SSSR count). The molecule has 0 saturated carbocycles. The molecule has 33 heavy (non-hydrogen) atoms. The van der Waals surface area contributed by atoms with E-state index in [0.717, 1.165) is 29.1 Å². The third-order valence-electron chi connectivity index (χ3n) is 5.36. The molecule has 0 bridgehead atoms. The zero-order valence-electron chi connectivity index (χ0n) is 18.9. The van der Waals surface area contributed by atoms with Crippen LogP contribution in [0.2, 0.25) is 0 Å². The van der Waals surface area contributed by atoms with Crippen molar-refractivity contribution in [3.8, 4) is 11.4 Å². The molecular formula is C23H24F2N6O2. The normalized spacial score (nSPS) is 15.5. The van der Waals surface area contributed by atoms with E-state index in [1.54, 1.807) is 32.4 Å². The van der Waals surface area contributed by atoms with Crippen LogP contribution in [0, 0.1) is 25.5 Å². The summed E-state index contributed by atoms with van der Waals surface area (Å²) in [5.74, 6) is -1.52. The molecule has 8 nitrogen and oxygen atoms in total. The minimum absolute atomic E-state index is 0.220. The molecule has 10 heteroatoms. The maximum Gasteiger partial charge on any atom is 0.230 e. The van der Waals surface area contributed by atoms with E-state index in [9.17, 15) is 13.6 Å². The molecule has 1 unspecified atom stereocenters. The van der Waals surface area contributed by atoms with E-state index in [0.29, 0.717) is 11.3 Å². The number of halogens is 2. The number of carbonyl (C=O) groups is 1. The fourth-order valence-electron chi connectivity index (χ4n) is 3.75. The van der Waals surface area contributed by atoms with Crippen molar-refractivity contribution in [3.05, 3.63) is 71.3 Å². The number of methoxy groups -OCH3 is 1. The number of benzene rings is 2. The monoisotopic (exact) mass is 454 g/mol. The van der Waals surface area contributed by atoms with Gasteiger partial charge in [-0.3, -0.25) is 9.80 Å². The highest BCUT2D eigenvalue weighted by molar-refractivity contribution is 6.16. The second kappa shape index (κ2) is 8.62. The van der Waals surface area contributed by atoms with Gasteiger partial charge in [0, 0.05) is 26.2 Å². The van der Waals surface area contributed by atoms with Crippen LogP contribution >= 0.6 is 0 Å². The summed E-state index contributed by atoms with van der Waals surface area (Å²) in [6.07, 6.45) is 3.08. The smallest absolute Gasteiger partial charge is 0.230 e. The van der Waals surface area contributed by atoms with Gasteiger partial charge in [0.15, 0.2) is 11.6 Å². The van der Waals surface area contributed by atoms with Gasteiger partial charge in [-0.1, -0.05) is 6.07 Å². The molecule has 1 aliphatic heterocycles. The van der Waals surface area contributed by atoms with Crippen LogP contribution in [-0.2, 0) is 4.79 Å². The quantitative estimate of drug-likeness (QED) is 0.652. The van der Waals surface area contributed by atoms with Crippen LogP contribution in [0.15, 0.2) is 47.8 Å². The summed E-state index contributed by atoms with van der Waals surface area (Å²) in [6.45, 7) is 4.85. The number of rotatable bonds is 4. The summed E-state index contributed by atoms with van der Waals surface area (Å²) in [6, 6.07) is 7.70. The first-order valence-electron chi connectivity index (χ1n) is 10.2. The highest BCUT2D eigenvalue weighted by atomic mass is 19.2. The summed E-state index contributed by atoms with van der Waals surface area (Å²) in [4.78, 5) is 22.7. The number of anilines is 1. The Balaban J connectivity index is 1.71. The number of hydrogen-bond acceptors (Lipinski definition) is 6. The topological polar surface area (TPSA) is 75.0 Å². The lowest BCUT2D eigenvalue weighted by Gasteiger charge is -2.27. The summed E-state index contributed by atoms with van der Waals surface area (Å²) in [5.41, 5.74) is 6.30. The third-order valence-corrected chi connectivity index (χ3v) is 5.36. The molecule has 1 aliphatic rings. The largest absolute Gasteiger partial charge is 0.495 e. The van der Waals surface area contributed by atoms with Gasteiger partial charge in [-0.15, -0.1) is 0 Å². The number of hydrazine groups is 1. The average molecular weight is 454 g/mol. The number of aliphatic imine (C=N–C) groups is 1. The average Bonchev–Trinajstić information content (AvgIpc) is 3.37. The predicted octanol–water partition coefficient (Wildman–Crippen LogP) is 3.63. The number of aromatic nitrogens is 2. The van der Waals surface area contributed by atoms with Crippen molar-refractivity contribution in [2.75, 3.05) is 19.1 Å². The van der Waals surface area contributed by atoms with Gasteiger partial charge in [-0.2, -0.15) is 0 Å². The molecular weight excluding hydrogens is 430 g/mol. The third kappa shape index (κ3) is 4.17. The highest BCUT2D eigenvalue weighted by Gasteiger charge is 2.32. The molecule has 1 N–H and O–H groups in total. The number of ether oxygens (including phenoxy) is 1. The Labute approximate surface area is 190 Å². The Morgan fingerprint density at radius 1 is 1.18 bits per heavy atom. The summed E-state index contributed by atoms with van der Waals surface area (Å²) >= 11 is 0. The number of nitrogens with zero attached hydrogens (tertiary/aromatic N) is 5. The number of guanidine groups is 1. The Kier molecular flexibility index (Phi) is 5.86.